The minimum atomic E-state index is -0.0287. The maximum atomic E-state index is 11.7. The van der Waals surface area contributed by atoms with Crippen molar-refractivity contribution in [1.29, 1.82) is 0 Å². The highest BCUT2D eigenvalue weighted by atomic mass is 79.9. The van der Waals surface area contributed by atoms with Crippen molar-refractivity contribution in [3.8, 4) is 0 Å². The Morgan fingerprint density at radius 3 is 2.65 bits per heavy atom. The van der Waals surface area contributed by atoms with Crippen molar-refractivity contribution in [3.63, 3.8) is 0 Å². The van der Waals surface area contributed by atoms with Crippen LogP contribution in [0.5, 0.6) is 0 Å². The van der Waals surface area contributed by atoms with E-state index < -0.39 is 0 Å². The number of hydrogen-bond acceptors (Lipinski definition) is 2. The van der Waals surface area contributed by atoms with E-state index in [1.165, 1.54) is 0 Å². The van der Waals surface area contributed by atoms with Crippen LogP contribution in [0.3, 0.4) is 0 Å². The molecule has 2 rings (SSSR count). The van der Waals surface area contributed by atoms with Crippen molar-refractivity contribution < 1.29 is 4.79 Å². The van der Waals surface area contributed by atoms with Gasteiger partial charge in [0.2, 0.25) is 5.91 Å². The number of nitrogens with one attached hydrogen (secondary N) is 1. The summed E-state index contributed by atoms with van der Waals surface area (Å²) < 4.78 is 0. The van der Waals surface area contributed by atoms with Crippen LogP contribution in [0.2, 0.25) is 5.02 Å². The number of hydrogen-bond donors (Lipinski definition) is 1. The van der Waals surface area contributed by atoms with E-state index in [1.54, 1.807) is 17.8 Å². The summed E-state index contributed by atoms with van der Waals surface area (Å²) in [7, 11) is 0. The maximum absolute atomic E-state index is 11.7. The molecular weight excluding hydrogens is 358 g/mol. The lowest BCUT2D eigenvalue weighted by Gasteiger charge is -2.11. The molecule has 0 saturated heterocycles. The molecule has 104 valence electrons. The molecular formula is C15H13BrClNOS. The third-order valence-electron chi connectivity index (χ3n) is 2.51. The van der Waals surface area contributed by atoms with Gasteiger partial charge in [0.25, 0.3) is 0 Å². The second kappa shape index (κ2) is 7.72. The van der Waals surface area contributed by atoms with E-state index in [9.17, 15) is 4.79 Å². The molecule has 2 aromatic rings. The lowest BCUT2D eigenvalue weighted by Crippen LogP contribution is -2.12. The summed E-state index contributed by atoms with van der Waals surface area (Å²) in [5, 5.41) is 4.15. The van der Waals surface area contributed by atoms with E-state index in [4.69, 9.17) is 11.6 Å². The fraction of sp³-hybridized carbons (Fsp3) is 0.133. The highest BCUT2D eigenvalue weighted by Crippen LogP contribution is 2.35. The molecule has 2 nitrogen and oxygen atoms in total. The molecule has 5 heteroatoms. The Kier molecular flexibility index (Phi) is 5.95. The van der Waals surface area contributed by atoms with Crippen LogP contribution >= 0.6 is 39.3 Å². The predicted octanol–water partition coefficient (Wildman–Crippen LogP) is 5.21. The Balaban J connectivity index is 2.21. The molecule has 0 fully saturated rings. The van der Waals surface area contributed by atoms with Gasteiger partial charge >= 0.3 is 0 Å². The average molecular weight is 371 g/mol. The zero-order chi connectivity index (χ0) is 14.4. The third kappa shape index (κ3) is 4.54. The van der Waals surface area contributed by atoms with E-state index in [2.05, 4.69) is 21.2 Å². The Bertz CT molecular complexity index is 592. The highest BCUT2D eigenvalue weighted by Gasteiger charge is 2.08. The molecule has 0 aliphatic rings. The number of amides is 1. The molecule has 1 amide bonds. The normalized spacial score (nSPS) is 10.3. The Morgan fingerprint density at radius 2 is 1.95 bits per heavy atom. The summed E-state index contributed by atoms with van der Waals surface area (Å²) in [6, 6.07) is 15.5. The number of anilines is 1. The first kappa shape index (κ1) is 15.4. The van der Waals surface area contributed by atoms with Crippen molar-refractivity contribution in [2.75, 3.05) is 10.6 Å². The van der Waals surface area contributed by atoms with Gasteiger partial charge in [0.1, 0.15) is 0 Å². The Morgan fingerprint density at radius 1 is 1.20 bits per heavy atom. The summed E-state index contributed by atoms with van der Waals surface area (Å²) in [4.78, 5) is 13.8. The third-order valence-corrected chi connectivity index (χ3v) is 4.22. The molecule has 2 aromatic carbocycles. The van der Waals surface area contributed by atoms with Gasteiger partial charge in [0, 0.05) is 26.6 Å². The van der Waals surface area contributed by atoms with Gasteiger partial charge in [-0.15, -0.1) is 0 Å². The van der Waals surface area contributed by atoms with Gasteiger partial charge in [-0.25, -0.2) is 0 Å². The molecule has 0 aromatic heterocycles. The number of halogens is 2. The molecule has 0 heterocycles. The van der Waals surface area contributed by atoms with Gasteiger partial charge in [-0.2, -0.15) is 0 Å². The van der Waals surface area contributed by atoms with Crippen LogP contribution in [0.25, 0.3) is 0 Å². The van der Waals surface area contributed by atoms with Gasteiger partial charge in [-0.1, -0.05) is 57.5 Å². The predicted molar refractivity (Wildman–Crippen MR) is 89.1 cm³/mol. The fourth-order valence-electron chi connectivity index (χ4n) is 1.60. The van der Waals surface area contributed by atoms with Crippen molar-refractivity contribution in [2.24, 2.45) is 0 Å². The fourth-order valence-corrected chi connectivity index (χ4v) is 3.04. The van der Waals surface area contributed by atoms with Crippen LogP contribution in [0.15, 0.2) is 58.3 Å². The standard InChI is InChI=1S/C15H13BrClNOS/c16-9-8-15(19)18-13-10-11(17)6-7-14(13)20-12-4-2-1-3-5-12/h1-7,10H,8-9H2,(H,18,19). The van der Waals surface area contributed by atoms with Gasteiger partial charge in [0.15, 0.2) is 0 Å². The zero-order valence-electron chi connectivity index (χ0n) is 10.6. The van der Waals surface area contributed by atoms with E-state index in [-0.39, 0.29) is 5.91 Å². The minimum Gasteiger partial charge on any atom is -0.325 e. The van der Waals surface area contributed by atoms with Gasteiger partial charge in [0.05, 0.1) is 5.69 Å². The van der Waals surface area contributed by atoms with Crippen LogP contribution in [-0.4, -0.2) is 11.2 Å². The molecule has 1 N–H and O–H groups in total. The number of carbonyl (C=O) groups excluding carboxylic acids is 1. The van der Waals surface area contributed by atoms with Crippen molar-refractivity contribution in [2.45, 2.75) is 16.2 Å². The lowest BCUT2D eigenvalue weighted by molar-refractivity contribution is -0.115. The molecule has 0 unspecified atom stereocenters. The summed E-state index contributed by atoms with van der Waals surface area (Å²) in [5.41, 5.74) is 0.748. The van der Waals surface area contributed by atoms with Crippen molar-refractivity contribution >= 4 is 50.9 Å². The molecule has 0 atom stereocenters. The highest BCUT2D eigenvalue weighted by molar-refractivity contribution is 9.09. The molecule has 0 radical (unpaired) electrons. The summed E-state index contributed by atoms with van der Waals surface area (Å²) in [5.74, 6) is -0.0287. The molecule has 20 heavy (non-hydrogen) atoms. The second-order valence-electron chi connectivity index (χ2n) is 4.04. The second-order valence-corrected chi connectivity index (χ2v) is 6.39. The van der Waals surface area contributed by atoms with Crippen molar-refractivity contribution in [3.05, 3.63) is 53.6 Å². The number of benzene rings is 2. The summed E-state index contributed by atoms with van der Waals surface area (Å²) >= 11 is 10.9. The average Bonchev–Trinajstić information content (AvgIpc) is 2.43. The number of rotatable bonds is 5. The first-order chi connectivity index (χ1) is 9.69. The molecule has 0 saturated carbocycles. The smallest absolute Gasteiger partial charge is 0.225 e. The zero-order valence-corrected chi connectivity index (χ0v) is 13.8. The Hall–Kier alpha value is -0.970. The molecule has 0 aliphatic heterocycles. The maximum Gasteiger partial charge on any atom is 0.225 e. The molecule has 0 spiro atoms. The van der Waals surface area contributed by atoms with Crippen molar-refractivity contribution in [1.82, 2.24) is 0 Å². The van der Waals surface area contributed by atoms with E-state index in [1.807, 2.05) is 42.5 Å². The minimum absolute atomic E-state index is 0.0287. The monoisotopic (exact) mass is 369 g/mol. The van der Waals surface area contributed by atoms with Crippen LogP contribution in [0.4, 0.5) is 5.69 Å². The number of alkyl halides is 1. The number of carbonyl (C=O) groups is 1. The van der Waals surface area contributed by atoms with E-state index >= 15 is 0 Å². The van der Waals surface area contributed by atoms with Crippen LogP contribution < -0.4 is 5.32 Å². The van der Waals surface area contributed by atoms with Crippen LogP contribution in [-0.2, 0) is 4.79 Å². The quantitative estimate of drug-likeness (QED) is 0.732. The van der Waals surface area contributed by atoms with Crippen LogP contribution in [0.1, 0.15) is 6.42 Å². The lowest BCUT2D eigenvalue weighted by atomic mass is 10.3. The largest absolute Gasteiger partial charge is 0.325 e. The van der Waals surface area contributed by atoms with E-state index in [0.29, 0.717) is 16.8 Å². The summed E-state index contributed by atoms with van der Waals surface area (Å²) in [6.45, 7) is 0. The van der Waals surface area contributed by atoms with Gasteiger partial charge < -0.3 is 5.32 Å². The van der Waals surface area contributed by atoms with Gasteiger partial charge in [-0.3, -0.25) is 4.79 Å². The van der Waals surface area contributed by atoms with Gasteiger partial charge in [-0.05, 0) is 30.3 Å². The topological polar surface area (TPSA) is 29.1 Å². The first-order valence-corrected chi connectivity index (χ1v) is 8.39. The summed E-state index contributed by atoms with van der Waals surface area (Å²) in [6.07, 6.45) is 0.432. The Labute approximate surface area is 136 Å². The SMILES string of the molecule is O=C(CCBr)Nc1cc(Cl)ccc1Sc1ccccc1. The first-order valence-electron chi connectivity index (χ1n) is 6.07. The van der Waals surface area contributed by atoms with Crippen LogP contribution in [0, 0.1) is 0 Å². The molecule has 0 aliphatic carbocycles. The molecule has 0 bridgehead atoms. The van der Waals surface area contributed by atoms with E-state index in [0.717, 1.165) is 15.5 Å².